The highest BCUT2D eigenvalue weighted by molar-refractivity contribution is 6.09. The molecule has 0 unspecified atom stereocenters. The lowest BCUT2D eigenvalue weighted by Crippen LogP contribution is -2.15. The number of carbonyl (C=O) groups is 2. The van der Waals surface area contributed by atoms with E-state index in [0.717, 1.165) is 12.1 Å². The van der Waals surface area contributed by atoms with Crippen LogP contribution in [0.3, 0.4) is 0 Å². The molecule has 0 saturated heterocycles. The van der Waals surface area contributed by atoms with Gasteiger partial charge in [-0.05, 0) is 35.4 Å². The monoisotopic (exact) mass is 429 g/mol. The normalized spacial score (nSPS) is 11.1. The van der Waals surface area contributed by atoms with E-state index in [1.54, 1.807) is 42.5 Å². The number of nitrogens with one attached hydrogen (secondary N) is 1. The Bertz CT molecular complexity index is 1110. The molecule has 0 fully saturated rings. The molecule has 0 radical (unpaired) electrons. The molecule has 0 aliphatic heterocycles. The molecular weight excluding hydrogens is 411 g/mol. The summed E-state index contributed by atoms with van der Waals surface area (Å²) < 4.78 is 43.8. The van der Waals surface area contributed by atoms with Crippen molar-refractivity contribution in [2.75, 3.05) is 12.4 Å². The third-order valence-corrected chi connectivity index (χ3v) is 4.59. The molecule has 31 heavy (non-hydrogen) atoms. The van der Waals surface area contributed by atoms with Gasteiger partial charge in [0.15, 0.2) is 0 Å². The molecule has 1 amide bonds. The summed E-state index contributed by atoms with van der Waals surface area (Å²) in [7, 11) is 1.37. The van der Waals surface area contributed by atoms with E-state index in [4.69, 9.17) is 9.84 Å². The number of anilines is 1. The van der Waals surface area contributed by atoms with E-state index in [9.17, 15) is 22.8 Å². The molecule has 160 valence electrons. The van der Waals surface area contributed by atoms with Gasteiger partial charge in [-0.1, -0.05) is 42.5 Å². The Morgan fingerprint density at radius 3 is 2.26 bits per heavy atom. The number of carbonyl (C=O) groups excluding carboxylic acids is 1. The molecular formula is C23H18F3NO4. The number of alkyl halides is 3. The van der Waals surface area contributed by atoms with Crippen molar-refractivity contribution in [1.29, 1.82) is 0 Å². The predicted molar refractivity (Wildman–Crippen MR) is 109 cm³/mol. The standard InChI is InChI=1S/C23H18F3NO4/c1-31-21-15(13-20(28)29)5-4-8-19(21)27-22(30)18-7-3-2-6-17(18)14-9-11-16(12-10-14)23(24,25)26/h2-12H,13H2,1H3,(H,27,30)(H,28,29). The number of amides is 1. The topological polar surface area (TPSA) is 75.6 Å². The van der Waals surface area contributed by atoms with E-state index in [1.165, 1.54) is 19.2 Å². The molecule has 0 spiro atoms. The molecule has 0 aromatic heterocycles. The predicted octanol–water partition coefficient (Wildman–Crippen LogP) is 5.26. The summed E-state index contributed by atoms with van der Waals surface area (Å²) >= 11 is 0. The first-order valence-electron chi connectivity index (χ1n) is 9.16. The van der Waals surface area contributed by atoms with Crippen molar-refractivity contribution in [2.24, 2.45) is 0 Å². The van der Waals surface area contributed by atoms with Gasteiger partial charge in [-0.3, -0.25) is 9.59 Å². The van der Waals surface area contributed by atoms with E-state index in [-0.39, 0.29) is 23.4 Å². The zero-order chi connectivity index (χ0) is 22.6. The van der Waals surface area contributed by atoms with Gasteiger partial charge in [-0.2, -0.15) is 13.2 Å². The molecule has 0 atom stereocenters. The highest BCUT2D eigenvalue weighted by Gasteiger charge is 2.30. The van der Waals surface area contributed by atoms with Crippen molar-refractivity contribution in [2.45, 2.75) is 12.6 Å². The van der Waals surface area contributed by atoms with Crippen LogP contribution in [0, 0.1) is 0 Å². The molecule has 8 heteroatoms. The van der Waals surface area contributed by atoms with Crippen LogP contribution >= 0.6 is 0 Å². The minimum absolute atomic E-state index is 0.227. The molecule has 0 bridgehead atoms. The smallest absolute Gasteiger partial charge is 0.416 e. The summed E-state index contributed by atoms with van der Waals surface area (Å²) in [6.45, 7) is 0. The van der Waals surface area contributed by atoms with Crippen LogP contribution < -0.4 is 10.1 Å². The minimum Gasteiger partial charge on any atom is -0.494 e. The third-order valence-electron chi connectivity index (χ3n) is 4.59. The summed E-state index contributed by atoms with van der Waals surface area (Å²) in [6.07, 6.45) is -4.73. The maximum Gasteiger partial charge on any atom is 0.416 e. The van der Waals surface area contributed by atoms with E-state index < -0.39 is 23.6 Å². The van der Waals surface area contributed by atoms with E-state index in [0.29, 0.717) is 16.7 Å². The Morgan fingerprint density at radius 2 is 1.65 bits per heavy atom. The number of benzene rings is 3. The summed E-state index contributed by atoms with van der Waals surface area (Å²) in [6, 6.07) is 15.8. The molecule has 0 saturated carbocycles. The number of ether oxygens (including phenoxy) is 1. The highest BCUT2D eigenvalue weighted by atomic mass is 19.4. The SMILES string of the molecule is COc1c(CC(=O)O)cccc1NC(=O)c1ccccc1-c1ccc(C(F)(F)F)cc1. The fourth-order valence-electron chi connectivity index (χ4n) is 3.19. The van der Waals surface area contributed by atoms with E-state index in [1.807, 2.05) is 0 Å². The number of methoxy groups -OCH3 is 1. The van der Waals surface area contributed by atoms with Crippen LogP contribution in [0.2, 0.25) is 0 Å². The number of carboxylic acid groups (broad SMARTS) is 1. The van der Waals surface area contributed by atoms with Crippen LogP contribution in [0.1, 0.15) is 21.5 Å². The van der Waals surface area contributed by atoms with Gasteiger partial charge in [0, 0.05) is 11.1 Å². The van der Waals surface area contributed by atoms with Crippen molar-refractivity contribution in [3.05, 3.63) is 83.4 Å². The first-order chi connectivity index (χ1) is 14.7. The molecule has 0 aliphatic rings. The molecule has 3 aromatic rings. The summed E-state index contributed by atoms with van der Waals surface area (Å²) in [5, 5.41) is 11.8. The van der Waals surface area contributed by atoms with Crippen LogP contribution in [-0.2, 0) is 17.4 Å². The van der Waals surface area contributed by atoms with Gasteiger partial charge in [0.2, 0.25) is 0 Å². The second-order valence-electron chi connectivity index (χ2n) is 6.64. The number of rotatable bonds is 6. The van der Waals surface area contributed by atoms with Crippen molar-refractivity contribution in [3.63, 3.8) is 0 Å². The number of halogens is 3. The van der Waals surface area contributed by atoms with E-state index in [2.05, 4.69) is 5.32 Å². The third kappa shape index (κ3) is 5.03. The Morgan fingerprint density at radius 1 is 0.968 bits per heavy atom. The zero-order valence-corrected chi connectivity index (χ0v) is 16.4. The van der Waals surface area contributed by atoms with Gasteiger partial charge >= 0.3 is 12.1 Å². The Balaban J connectivity index is 1.94. The average Bonchev–Trinajstić information content (AvgIpc) is 2.73. The maximum absolute atomic E-state index is 13.0. The maximum atomic E-state index is 13.0. The van der Waals surface area contributed by atoms with Crippen molar-refractivity contribution < 1.29 is 32.6 Å². The summed E-state index contributed by atoms with van der Waals surface area (Å²) in [5.74, 6) is -1.33. The van der Waals surface area contributed by atoms with Crippen molar-refractivity contribution >= 4 is 17.6 Å². The first kappa shape index (κ1) is 21.9. The van der Waals surface area contributed by atoms with Crippen molar-refractivity contribution in [1.82, 2.24) is 0 Å². The zero-order valence-electron chi connectivity index (χ0n) is 16.4. The first-order valence-corrected chi connectivity index (χ1v) is 9.16. The molecule has 5 nitrogen and oxygen atoms in total. The fourth-order valence-corrected chi connectivity index (χ4v) is 3.19. The van der Waals surface area contributed by atoms with Crippen LogP contribution in [0.25, 0.3) is 11.1 Å². The lowest BCUT2D eigenvalue weighted by atomic mass is 9.98. The highest BCUT2D eigenvalue weighted by Crippen LogP contribution is 2.33. The molecule has 3 rings (SSSR count). The fraction of sp³-hybridized carbons (Fsp3) is 0.130. The van der Waals surface area contributed by atoms with Crippen LogP contribution in [0.15, 0.2) is 66.7 Å². The largest absolute Gasteiger partial charge is 0.494 e. The molecule has 0 heterocycles. The van der Waals surface area contributed by atoms with Gasteiger partial charge in [-0.25, -0.2) is 0 Å². The second kappa shape index (κ2) is 8.91. The number of hydrogen-bond donors (Lipinski definition) is 2. The number of carboxylic acids is 1. The second-order valence-corrected chi connectivity index (χ2v) is 6.64. The van der Waals surface area contributed by atoms with Gasteiger partial charge in [0.25, 0.3) is 5.91 Å². The number of aliphatic carboxylic acids is 1. The molecule has 3 aromatic carbocycles. The quantitative estimate of drug-likeness (QED) is 0.561. The average molecular weight is 429 g/mol. The van der Waals surface area contributed by atoms with Gasteiger partial charge in [-0.15, -0.1) is 0 Å². The Labute approximate surface area is 176 Å². The molecule has 0 aliphatic carbocycles. The van der Waals surface area contributed by atoms with E-state index >= 15 is 0 Å². The lowest BCUT2D eigenvalue weighted by molar-refractivity contribution is -0.138. The number of hydrogen-bond acceptors (Lipinski definition) is 3. The van der Waals surface area contributed by atoms with Crippen LogP contribution in [0.5, 0.6) is 5.75 Å². The Hall–Kier alpha value is -3.81. The summed E-state index contributed by atoms with van der Waals surface area (Å²) in [4.78, 5) is 24.0. The van der Waals surface area contributed by atoms with Gasteiger partial charge in [0.1, 0.15) is 5.75 Å². The van der Waals surface area contributed by atoms with Gasteiger partial charge < -0.3 is 15.2 Å². The Kier molecular flexibility index (Phi) is 6.29. The number of para-hydroxylation sites is 1. The van der Waals surface area contributed by atoms with Crippen LogP contribution in [-0.4, -0.2) is 24.1 Å². The molecule has 2 N–H and O–H groups in total. The van der Waals surface area contributed by atoms with Crippen LogP contribution in [0.4, 0.5) is 18.9 Å². The summed E-state index contributed by atoms with van der Waals surface area (Å²) in [5.41, 5.74) is 1.04. The lowest BCUT2D eigenvalue weighted by Gasteiger charge is -2.15. The van der Waals surface area contributed by atoms with Crippen molar-refractivity contribution in [3.8, 4) is 16.9 Å². The minimum atomic E-state index is -4.45. The van der Waals surface area contributed by atoms with Gasteiger partial charge in [0.05, 0.1) is 24.8 Å².